The zero-order valence-corrected chi connectivity index (χ0v) is 11.0. The highest BCUT2D eigenvalue weighted by Gasteiger charge is 2.07. The second kappa shape index (κ2) is 5.87. The maximum atomic E-state index is 11.8. The molecule has 0 bridgehead atoms. The number of carbonyl (C=O) groups excluding carboxylic acids is 2. The summed E-state index contributed by atoms with van der Waals surface area (Å²) in [7, 11) is 0. The van der Waals surface area contributed by atoms with Gasteiger partial charge in [0.2, 0.25) is 11.8 Å². The van der Waals surface area contributed by atoms with Gasteiger partial charge in [0.25, 0.3) is 0 Å². The third kappa shape index (κ3) is 3.83. The molecule has 0 aliphatic carbocycles. The fraction of sp³-hybridized carbons (Fsp3) is 0.273. The average molecular weight is 275 g/mol. The van der Waals surface area contributed by atoms with E-state index < -0.39 is 0 Å². The molecule has 0 saturated carbocycles. The molecule has 0 spiro atoms. The van der Waals surface area contributed by atoms with Crippen LogP contribution in [0.3, 0.4) is 0 Å². The van der Waals surface area contributed by atoms with E-state index in [2.05, 4.69) is 30.9 Å². The summed E-state index contributed by atoms with van der Waals surface area (Å²) in [4.78, 5) is 30.5. The molecule has 0 saturated heterocycles. The number of hydrogen-bond donors (Lipinski definition) is 2. The highest BCUT2D eigenvalue weighted by Crippen LogP contribution is 2.03. The van der Waals surface area contributed by atoms with Crippen molar-refractivity contribution in [3.05, 3.63) is 24.4 Å². The number of rotatable bonds is 4. The molecule has 2 rings (SSSR count). The van der Waals surface area contributed by atoms with Crippen LogP contribution in [0.2, 0.25) is 0 Å². The summed E-state index contributed by atoms with van der Waals surface area (Å²) in [6.07, 6.45) is 4.50. The van der Waals surface area contributed by atoms with Crippen LogP contribution in [0.25, 0.3) is 0 Å². The number of amides is 2. The predicted octanol–water partition coefficient (Wildman–Crippen LogP) is -0.0264. The zero-order chi connectivity index (χ0) is 14.5. The summed E-state index contributed by atoms with van der Waals surface area (Å²) in [5, 5.41) is 12.5. The SMILES string of the molecule is CC(=O)Nc1cn(CC(=O)Nc2cnc(C)nc2)nn1. The molecular formula is C11H13N7O2. The quantitative estimate of drug-likeness (QED) is 0.810. The van der Waals surface area contributed by atoms with Gasteiger partial charge in [-0.15, -0.1) is 5.10 Å². The molecule has 0 fully saturated rings. The van der Waals surface area contributed by atoms with Crippen LogP contribution >= 0.6 is 0 Å². The number of hydrogen-bond acceptors (Lipinski definition) is 6. The first-order chi connectivity index (χ1) is 9.52. The van der Waals surface area contributed by atoms with E-state index in [1.807, 2.05) is 0 Å². The Morgan fingerprint density at radius 1 is 1.25 bits per heavy atom. The first kappa shape index (κ1) is 13.6. The van der Waals surface area contributed by atoms with Crippen molar-refractivity contribution < 1.29 is 9.59 Å². The summed E-state index contributed by atoms with van der Waals surface area (Å²) in [6.45, 7) is 3.09. The molecule has 0 aliphatic heterocycles. The van der Waals surface area contributed by atoms with Gasteiger partial charge >= 0.3 is 0 Å². The van der Waals surface area contributed by atoms with Crippen molar-refractivity contribution in [3.63, 3.8) is 0 Å². The average Bonchev–Trinajstić information content (AvgIpc) is 2.78. The Morgan fingerprint density at radius 3 is 2.60 bits per heavy atom. The Morgan fingerprint density at radius 2 is 1.95 bits per heavy atom. The van der Waals surface area contributed by atoms with Gasteiger partial charge in [0.15, 0.2) is 5.82 Å². The van der Waals surface area contributed by atoms with Crippen molar-refractivity contribution in [3.8, 4) is 0 Å². The molecule has 2 amide bonds. The number of anilines is 2. The van der Waals surface area contributed by atoms with Gasteiger partial charge in [-0.1, -0.05) is 5.21 Å². The molecule has 20 heavy (non-hydrogen) atoms. The van der Waals surface area contributed by atoms with Crippen molar-refractivity contribution in [1.29, 1.82) is 0 Å². The number of nitrogens with one attached hydrogen (secondary N) is 2. The van der Waals surface area contributed by atoms with Crippen LogP contribution in [-0.4, -0.2) is 36.8 Å². The van der Waals surface area contributed by atoms with Gasteiger partial charge in [0, 0.05) is 6.92 Å². The lowest BCUT2D eigenvalue weighted by molar-refractivity contribution is -0.117. The number of aryl methyl sites for hydroxylation is 1. The topological polar surface area (TPSA) is 115 Å². The monoisotopic (exact) mass is 275 g/mol. The zero-order valence-electron chi connectivity index (χ0n) is 11.0. The second-order valence-corrected chi connectivity index (χ2v) is 4.05. The van der Waals surface area contributed by atoms with Crippen molar-refractivity contribution in [1.82, 2.24) is 25.0 Å². The largest absolute Gasteiger partial charge is 0.322 e. The van der Waals surface area contributed by atoms with Gasteiger partial charge in [0.05, 0.1) is 24.3 Å². The Labute approximate surface area is 114 Å². The van der Waals surface area contributed by atoms with Gasteiger partial charge in [-0.05, 0) is 6.92 Å². The van der Waals surface area contributed by atoms with Crippen molar-refractivity contribution in [2.45, 2.75) is 20.4 Å². The second-order valence-electron chi connectivity index (χ2n) is 4.05. The summed E-state index contributed by atoms with van der Waals surface area (Å²) in [5.74, 6) is 0.373. The lowest BCUT2D eigenvalue weighted by Gasteiger charge is -2.04. The molecule has 2 heterocycles. The summed E-state index contributed by atoms with van der Waals surface area (Å²) in [6, 6.07) is 0. The minimum absolute atomic E-state index is 0.0273. The Kier molecular flexibility index (Phi) is 3.99. The first-order valence-electron chi connectivity index (χ1n) is 5.79. The summed E-state index contributed by atoms with van der Waals surface area (Å²) in [5.41, 5.74) is 0.503. The molecule has 9 nitrogen and oxygen atoms in total. The van der Waals surface area contributed by atoms with Crippen LogP contribution in [0, 0.1) is 6.92 Å². The summed E-state index contributed by atoms with van der Waals surface area (Å²) < 4.78 is 1.32. The fourth-order valence-electron chi connectivity index (χ4n) is 1.42. The van der Waals surface area contributed by atoms with Crippen LogP contribution in [0.5, 0.6) is 0 Å². The number of nitrogens with zero attached hydrogens (tertiary/aromatic N) is 5. The Bertz CT molecular complexity index is 620. The van der Waals surface area contributed by atoms with E-state index in [0.29, 0.717) is 17.3 Å². The van der Waals surface area contributed by atoms with Gasteiger partial charge in [-0.25, -0.2) is 14.6 Å². The van der Waals surface area contributed by atoms with E-state index >= 15 is 0 Å². The van der Waals surface area contributed by atoms with Gasteiger partial charge < -0.3 is 10.6 Å². The van der Waals surface area contributed by atoms with E-state index in [-0.39, 0.29) is 18.4 Å². The predicted molar refractivity (Wildman–Crippen MR) is 69.7 cm³/mol. The van der Waals surface area contributed by atoms with Crippen LogP contribution in [0.4, 0.5) is 11.5 Å². The van der Waals surface area contributed by atoms with E-state index in [4.69, 9.17) is 0 Å². The molecule has 0 aliphatic rings. The van der Waals surface area contributed by atoms with Gasteiger partial charge in [-0.2, -0.15) is 0 Å². The molecule has 0 atom stereocenters. The Balaban J connectivity index is 1.92. The lowest BCUT2D eigenvalue weighted by Crippen LogP contribution is -2.19. The minimum atomic E-state index is -0.295. The molecule has 2 N–H and O–H groups in total. The maximum Gasteiger partial charge on any atom is 0.246 e. The molecule has 0 unspecified atom stereocenters. The van der Waals surface area contributed by atoms with Crippen LogP contribution < -0.4 is 10.6 Å². The van der Waals surface area contributed by atoms with E-state index in [1.165, 1.54) is 30.2 Å². The van der Waals surface area contributed by atoms with Crippen LogP contribution in [0.15, 0.2) is 18.6 Å². The van der Waals surface area contributed by atoms with E-state index in [1.54, 1.807) is 6.92 Å². The third-order valence-corrected chi connectivity index (χ3v) is 2.21. The minimum Gasteiger partial charge on any atom is -0.322 e. The highest BCUT2D eigenvalue weighted by molar-refractivity contribution is 5.90. The summed E-state index contributed by atoms with van der Waals surface area (Å²) >= 11 is 0. The molecule has 104 valence electrons. The Hall–Kier alpha value is -2.84. The van der Waals surface area contributed by atoms with Crippen LogP contribution in [-0.2, 0) is 16.1 Å². The molecule has 0 aromatic carbocycles. The highest BCUT2D eigenvalue weighted by atomic mass is 16.2. The van der Waals surface area contributed by atoms with Gasteiger partial charge in [-0.3, -0.25) is 9.59 Å². The standard InChI is InChI=1S/C11H13N7O2/c1-7-12-3-9(4-13-7)15-11(20)6-18-5-10(16-17-18)14-8(2)19/h3-5H,6H2,1-2H3,(H,14,19)(H,15,20). The fourth-order valence-corrected chi connectivity index (χ4v) is 1.42. The third-order valence-electron chi connectivity index (χ3n) is 2.21. The molecule has 2 aromatic rings. The van der Waals surface area contributed by atoms with Gasteiger partial charge in [0.1, 0.15) is 12.4 Å². The normalized spacial score (nSPS) is 10.1. The van der Waals surface area contributed by atoms with Crippen LogP contribution in [0.1, 0.15) is 12.7 Å². The molecule has 0 radical (unpaired) electrons. The van der Waals surface area contributed by atoms with E-state index in [9.17, 15) is 9.59 Å². The number of aromatic nitrogens is 5. The molecular weight excluding hydrogens is 262 g/mol. The van der Waals surface area contributed by atoms with E-state index in [0.717, 1.165) is 0 Å². The molecule has 2 aromatic heterocycles. The first-order valence-corrected chi connectivity index (χ1v) is 5.79. The van der Waals surface area contributed by atoms with Crippen molar-refractivity contribution >= 4 is 23.3 Å². The molecule has 9 heteroatoms. The maximum absolute atomic E-state index is 11.8. The van der Waals surface area contributed by atoms with Crippen molar-refractivity contribution in [2.75, 3.05) is 10.6 Å². The lowest BCUT2D eigenvalue weighted by atomic mass is 10.4. The van der Waals surface area contributed by atoms with Crippen molar-refractivity contribution in [2.24, 2.45) is 0 Å². The smallest absolute Gasteiger partial charge is 0.246 e. The number of carbonyl (C=O) groups is 2.